The van der Waals surface area contributed by atoms with E-state index in [0.717, 1.165) is 17.4 Å². The molecule has 1 aromatic carbocycles. The third-order valence-electron chi connectivity index (χ3n) is 3.89. The van der Waals surface area contributed by atoms with Crippen molar-refractivity contribution < 1.29 is 13.2 Å². The van der Waals surface area contributed by atoms with E-state index in [-0.39, 0.29) is 5.91 Å². The molecule has 124 valence electrons. The van der Waals surface area contributed by atoms with Crippen molar-refractivity contribution in [3.63, 3.8) is 0 Å². The van der Waals surface area contributed by atoms with Crippen molar-refractivity contribution in [2.24, 2.45) is 0 Å². The molecule has 0 aliphatic heterocycles. The number of carbonyl (C=O) groups excluding carboxylic acids is 1. The lowest BCUT2D eigenvalue weighted by Crippen LogP contribution is -2.49. The lowest BCUT2D eigenvalue weighted by molar-refractivity contribution is -0.131. The maximum Gasteiger partial charge on any atom is 0.246 e. The molecule has 22 heavy (non-hydrogen) atoms. The Morgan fingerprint density at radius 2 is 1.68 bits per heavy atom. The molecule has 0 fully saturated rings. The average molecular weight is 326 g/mol. The second-order valence-electron chi connectivity index (χ2n) is 5.51. The molecule has 1 atom stereocenters. The Hall–Kier alpha value is -1.56. The van der Waals surface area contributed by atoms with E-state index in [1.807, 2.05) is 39.8 Å². The molecule has 1 rings (SSSR count). The maximum absolute atomic E-state index is 12.5. The fraction of sp³-hybridized carbons (Fsp3) is 0.562. The van der Waals surface area contributed by atoms with Gasteiger partial charge in [0.25, 0.3) is 0 Å². The minimum atomic E-state index is -3.56. The lowest BCUT2D eigenvalue weighted by Gasteiger charge is -2.32. The molecular weight excluding hydrogens is 300 g/mol. The summed E-state index contributed by atoms with van der Waals surface area (Å²) in [6.07, 6.45) is 1.13. The summed E-state index contributed by atoms with van der Waals surface area (Å²) in [4.78, 5) is 14.2. The number of anilines is 1. The molecule has 1 amide bonds. The molecule has 0 unspecified atom stereocenters. The minimum Gasteiger partial charge on any atom is -0.341 e. The van der Waals surface area contributed by atoms with Crippen LogP contribution in [0.4, 0.5) is 5.69 Å². The fourth-order valence-electron chi connectivity index (χ4n) is 2.46. The summed E-state index contributed by atoms with van der Waals surface area (Å²) in [6.45, 7) is 10.4. The van der Waals surface area contributed by atoms with Crippen LogP contribution in [0.5, 0.6) is 0 Å². The molecule has 6 heteroatoms. The Kier molecular flexibility index (Phi) is 6.00. The number of amides is 1. The van der Waals surface area contributed by atoms with Gasteiger partial charge in [0.2, 0.25) is 15.9 Å². The van der Waals surface area contributed by atoms with Gasteiger partial charge in [-0.1, -0.05) is 6.07 Å². The third kappa shape index (κ3) is 4.00. The van der Waals surface area contributed by atoms with Crippen LogP contribution in [0.3, 0.4) is 0 Å². The Bertz CT molecular complexity index is 637. The molecule has 0 aromatic heterocycles. The highest BCUT2D eigenvalue weighted by Gasteiger charge is 2.31. The van der Waals surface area contributed by atoms with Crippen LogP contribution in [-0.4, -0.2) is 44.6 Å². The predicted octanol–water partition coefficient (Wildman–Crippen LogP) is 2.33. The van der Waals surface area contributed by atoms with Gasteiger partial charge in [0.1, 0.15) is 6.04 Å². The summed E-state index contributed by atoms with van der Waals surface area (Å²) in [5.74, 6) is -0.186. The van der Waals surface area contributed by atoms with Crippen LogP contribution >= 0.6 is 0 Å². The number of sulfonamides is 1. The van der Waals surface area contributed by atoms with E-state index in [2.05, 4.69) is 0 Å². The van der Waals surface area contributed by atoms with Gasteiger partial charge in [0.05, 0.1) is 11.9 Å². The zero-order valence-electron chi connectivity index (χ0n) is 14.3. The molecular formula is C16H26N2O3S. The van der Waals surface area contributed by atoms with E-state index in [9.17, 15) is 13.2 Å². The normalized spacial score (nSPS) is 12.8. The molecule has 1 aromatic rings. The fourth-order valence-corrected chi connectivity index (χ4v) is 3.63. The van der Waals surface area contributed by atoms with Crippen LogP contribution in [0.15, 0.2) is 18.2 Å². The highest BCUT2D eigenvalue weighted by molar-refractivity contribution is 7.92. The van der Waals surface area contributed by atoms with E-state index < -0.39 is 16.1 Å². The van der Waals surface area contributed by atoms with Gasteiger partial charge in [-0.15, -0.1) is 0 Å². The molecule has 0 radical (unpaired) electrons. The van der Waals surface area contributed by atoms with Crippen molar-refractivity contribution in [1.82, 2.24) is 4.90 Å². The first kappa shape index (κ1) is 18.5. The van der Waals surface area contributed by atoms with Crippen molar-refractivity contribution >= 4 is 21.6 Å². The van der Waals surface area contributed by atoms with E-state index in [4.69, 9.17) is 0 Å². The van der Waals surface area contributed by atoms with Crippen LogP contribution in [0, 0.1) is 13.8 Å². The molecule has 5 nitrogen and oxygen atoms in total. The molecule has 0 saturated heterocycles. The van der Waals surface area contributed by atoms with Crippen LogP contribution in [0.25, 0.3) is 0 Å². The number of nitrogens with zero attached hydrogens (tertiary/aromatic N) is 2. The molecule has 0 saturated carbocycles. The first-order valence-electron chi connectivity index (χ1n) is 7.48. The van der Waals surface area contributed by atoms with E-state index >= 15 is 0 Å². The number of aryl methyl sites for hydroxylation is 2. The molecule has 0 spiro atoms. The van der Waals surface area contributed by atoms with E-state index in [0.29, 0.717) is 18.8 Å². The van der Waals surface area contributed by atoms with Crippen molar-refractivity contribution in [1.29, 1.82) is 0 Å². The summed E-state index contributed by atoms with van der Waals surface area (Å²) < 4.78 is 25.7. The Morgan fingerprint density at radius 3 is 2.09 bits per heavy atom. The van der Waals surface area contributed by atoms with Gasteiger partial charge in [-0.2, -0.15) is 0 Å². The Morgan fingerprint density at radius 1 is 1.14 bits per heavy atom. The number of rotatable bonds is 6. The largest absolute Gasteiger partial charge is 0.341 e. The quantitative estimate of drug-likeness (QED) is 0.806. The summed E-state index contributed by atoms with van der Waals surface area (Å²) in [5.41, 5.74) is 2.60. The van der Waals surface area contributed by atoms with Gasteiger partial charge in [-0.05, 0) is 57.9 Å². The highest BCUT2D eigenvalue weighted by Crippen LogP contribution is 2.24. The number of hydrogen-bond acceptors (Lipinski definition) is 3. The maximum atomic E-state index is 12.5. The SMILES string of the molecule is CCN(CC)C(=O)[C@@H](C)N(c1ccc(C)c(C)c1)S(C)(=O)=O. The number of benzene rings is 1. The second-order valence-corrected chi connectivity index (χ2v) is 7.37. The first-order valence-corrected chi connectivity index (χ1v) is 9.33. The lowest BCUT2D eigenvalue weighted by atomic mass is 10.1. The van der Waals surface area contributed by atoms with Gasteiger partial charge >= 0.3 is 0 Å². The van der Waals surface area contributed by atoms with Crippen LogP contribution in [0.1, 0.15) is 31.9 Å². The number of hydrogen-bond donors (Lipinski definition) is 0. The van der Waals surface area contributed by atoms with Gasteiger partial charge in [-0.25, -0.2) is 8.42 Å². The topological polar surface area (TPSA) is 57.7 Å². The van der Waals surface area contributed by atoms with Crippen molar-refractivity contribution in [2.45, 2.75) is 40.7 Å². The smallest absolute Gasteiger partial charge is 0.246 e. The highest BCUT2D eigenvalue weighted by atomic mass is 32.2. The second kappa shape index (κ2) is 7.13. The third-order valence-corrected chi connectivity index (χ3v) is 5.13. The first-order chi connectivity index (χ1) is 10.1. The van der Waals surface area contributed by atoms with Crippen LogP contribution < -0.4 is 4.31 Å². The molecule has 0 aliphatic carbocycles. The monoisotopic (exact) mass is 326 g/mol. The standard InChI is InChI=1S/C16H26N2O3S/c1-7-17(8-2)16(19)14(5)18(22(6,20)21)15-10-9-12(3)13(4)11-15/h9-11,14H,7-8H2,1-6H3/t14-/m1/s1. The zero-order valence-corrected chi connectivity index (χ0v) is 15.1. The number of likely N-dealkylation sites (N-methyl/N-ethyl adjacent to an activating group) is 1. The van der Waals surface area contributed by atoms with Gasteiger partial charge in [-0.3, -0.25) is 9.10 Å². The minimum absolute atomic E-state index is 0.186. The van der Waals surface area contributed by atoms with Gasteiger partial charge in [0.15, 0.2) is 0 Å². The van der Waals surface area contributed by atoms with Gasteiger partial charge < -0.3 is 4.90 Å². The van der Waals surface area contributed by atoms with Crippen molar-refractivity contribution in [3.05, 3.63) is 29.3 Å². The van der Waals surface area contributed by atoms with Crippen molar-refractivity contribution in [2.75, 3.05) is 23.7 Å². The van der Waals surface area contributed by atoms with E-state index in [1.54, 1.807) is 17.9 Å². The summed E-state index contributed by atoms with van der Waals surface area (Å²) in [5, 5.41) is 0. The summed E-state index contributed by atoms with van der Waals surface area (Å²) in [7, 11) is -3.56. The van der Waals surface area contributed by atoms with Crippen molar-refractivity contribution in [3.8, 4) is 0 Å². The van der Waals surface area contributed by atoms with E-state index in [1.165, 1.54) is 4.31 Å². The average Bonchev–Trinajstić information content (AvgIpc) is 2.42. The summed E-state index contributed by atoms with van der Waals surface area (Å²) >= 11 is 0. The Balaban J connectivity index is 3.30. The summed E-state index contributed by atoms with van der Waals surface area (Å²) in [6, 6.07) is 4.66. The Labute approximate surface area is 134 Å². The molecule has 0 aliphatic rings. The molecule has 0 heterocycles. The zero-order chi connectivity index (χ0) is 17.1. The van der Waals surface area contributed by atoms with Crippen LogP contribution in [-0.2, 0) is 14.8 Å². The predicted molar refractivity (Wildman–Crippen MR) is 90.6 cm³/mol. The molecule has 0 N–H and O–H groups in total. The van der Waals surface area contributed by atoms with Crippen LogP contribution in [0.2, 0.25) is 0 Å². The van der Waals surface area contributed by atoms with Gasteiger partial charge in [0, 0.05) is 13.1 Å². The molecule has 0 bridgehead atoms. The number of carbonyl (C=O) groups is 1.